The van der Waals surface area contributed by atoms with E-state index in [0.29, 0.717) is 23.3 Å². The zero-order valence-corrected chi connectivity index (χ0v) is 24.0. The Hall–Kier alpha value is -4.68. The molecule has 2 aromatic carbocycles. The number of benzene rings is 2. The lowest BCUT2D eigenvalue weighted by Crippen LogP contribution is -2.51. The van der Waals surface area contributed by atoms with Crippen molar-refractivity contribution in [2.24, 2.45) is 0 Å². The Labute approximate surface area is 239 Å². The summed E-state index contributed by atoms with van der Waals surface area (Å²) < 4.78 is 83.7. The molecule has 1 aliphatic carbocycles. The van der Waals surface area contributed by atoms with E-state index in [1.165, 1.54) is 51.7 Å². The van der Waals surface area contributed by atoms with Gasteiger partial charge < -0.3 is 18.9 Å². The maximum absolute atomic E-state index is 13.0. The van der Waals surface area contributed by atoms with Gasteiger partial charge in [-0.15, -0.1) is 0 Å². The highest BCUT2D eigenvalue weighted by Crippen LogP contribution is 2.44. The Morgan fingerprint density at radius 1 is 0.929 bits per heavy atom. The molecular formula is C24H25N3O13S2. The highest BCUT2D eigenvalue weighted by Gasteiger charge is 2.61. The molecule has 0 spiro atoms. The fraction of sp³-hybridized carbons (Fsp3) is 0.250. The van der Waals surface area contributed by atoms with Crippen LogP contribution in [0.25, 0.3) is 6.08 Å². The first-order chi connectivity index (χ1) is 19.6. The summed E-state index contributed by atoms with van der Waals surface area (Å²) >= 11 is 0. The van der Waals surface area contributed by atoms with Gasteiger partial charge in [0.05, 0.1) is 56.0 Å². The number of nitrogens with one attached hydrogen (secondary N) is 1. The summed E-state index contributed by atoms with van der Waals surface area (Å²) in [6.45, 7) is 0. The molecule has 1 aliphatic rings. The van der Waals surface area contributed by atoms with Crippen molar-refractivity contribution < 1.29 is 50.2 Å². The fourth-order valence-electron chi connectivity index (χ4n) is 4.29. The molecule has 226 valence electrons. The molecule has 2 atom stereocenters. The maximum Gasteiger partial charge on any atom is 0.298 e. The Morgan fingerprint density at radius 2 is 1.50 bits per heavy atom. The van der Waals surface area contributed by atoms with Crippen LogP contribution in [0.2, 0.25) is 0 Å². The van der Waals surface area contributed by atoms with Crippen LogP contribution >= 0.6 is 0 Å². The molecule has 0 fully saturated rings. The molecule has 0 amide bonds. The molecule has 18 heteroatoms. The third kappa shape index (κ3) is 6.14. The van der Waals surface area contributed by atoms with Gasteiger partial charge in [0, 0.05) is 17.1 Å². The third-order valence-corrected chi connectivity index (χ3v) is 8.30. The van der Waals surface area contributed by atoms with E-state index in [2.05, 4.69) is 0 Å². The summed E-state index contributed by atoms with van der Waals surface area (Å²) in [6, 6.07) is 7.91. The van der Waals surface area contributed by atoms with E-state index < -0.39 is 57.7 Å². The average molecular weight is 628 g/mol. The second-order valence-electron chi connectivity index (χ2n) is 8.48. The molecule has 0 saturated carbocycles. The Bertz CT molecular complexity index is 1690. The van der Waals surface area contributed by atoms with Gasteiger partial charge in [-0.05, 0) is 24.3 Å². The molecule has 0 saturated heterocycles. The topological polar surface area (TPSA) is 224 Å². The summed E-state index contributed by atoms with van der Waals surface area (Å²) in [7, 11) is -4.96. The van der Waals surface area contributed by atoms with Crippen LogP contribution in [0.15, 0.2) is 65.4 Å². The lowest BCUT2D eigenvalue weighted by molar-refractivity contribution is -0.564. The summed E-state index contributed by atoms with van der Waals surface area (Å²) in [5.74, 6) is 0.388. The Balaban J connectivity index is 2.19. The monoisotopic (exact) mass is 627 g/mol. The van der Waals surface area contributed by atoms with Crippen molar-refractivity contribution in [1.82, 2.24) is 4.72 Å². The van der Waals surface area contributed by atoms with E-state index in [1.807, 2.05) is 4.72 Å². The van der Waals surface area contributed by atoms with Gasteiger partial charge in [0.15, 0.2) is 5.25 Å². The van der Waals surface area contributed by atoms with Crippen LogP contribution in [0.4, 0.5) is 0 Å². The highest BCUT2D eigenvalue weighted by atomic mass is 32.2. The Kier molecular flexibility index (Phi) is 9.14. The lowest BCUT2D eigenvalue weighted by Gasteiger charge is -2.31. The van der Waals surface area contributed by atoms with Gasteiger partial charge in [0.2, 0.25) is 0 Å². The second kappa shape index (κ2) is 12.0. The third-order valence-electron chi connectivity index (χ3n) is 6.16. The minimum Gasteiger partial charge on any atom is -0.496 e. The van der Waals surface area contributed by atoms with Crippen LogP contribution in [0.3, 0.4) is 0 Å². The predicted molar refractivity (Wildman–Crippen MR) is 147 cm³/mol. The molecular weight excluding hydrogens is 602 g/mol. The van der Waals surface area contributed by atoms with E-state index in [1.54, 1.807) is 0 Å². The number of nitro groups is 2. The van der Waals surface area contributed by atoms with Crippen molar-refractivity contribution in [2.75, 3.05) is 28.4 Å². The molecule has 2 N–H and O–H groups in total. The number of hydrogen-bond donors (Lipinski definition) is 2. The van der Waals surface area contributed by atoms with Crippen LogP contribution in [-0.2, 0) is 25.7 Å². The lowest BCUT2D eigenvalue weighted by atomic mass is 9.81. The Morgan fingerprint density at radius 3 is 1.98 bits per heavy atom. The molecule has 2 unspecified atom stereocenters. The molecule has 42 heavy (non-hydrogen) atoms. The zero-order chi connectivity index (χ0) is 31.5. The van der Waals surface area contributed by atoms with Gasteiger partial charge in [-0.2, -0.15) is 8.42 Å². The molecule has 16 nitrogen and oxygen atoms in total. The second-order valence-corrected chi connectivity index (χ2v) is 11.6. The quantitative estimate of drug-likeness (QED) is 0.196. The minimum absolute atomic E-state index is 0.133. The first-order valence-electron chi connectivity index (χ1n) is 11.5. The normalized spacial score (nSPS) is 18.9. The molecule has 0 radical (unpaired) electrons. The van der Waals surface area contributed by atoms with Crippen molar-refractivity contribution in [3.63, 3.8) is 0 Å². The van der Waals surface area contributed by atoms with Crippen LogP contribution < -0.4 is 23.7 Å². The van der Waals surface area contributed by atoms with Crippen LogP contribution in [0, 0.1) is 20.2 Å². The van der Waals surface area contributed by atoms with E-state index >= 15 is 0 Å². The number of nitrogens with zero attached hydrogens (tertiary/aromatic N) is 2. The molecule has 0 heterocycles. The van der Waals surface area contributed by atoms with Crippen LogP contribution in [0.5, 0.6) is 23.0 Å². The first-order valence-corrected chi connectivity index (χ1v) is 14.5. The van der Waals surface area contributed by atoms with Gasteiger partial charge in [-0.1, -0.05) is 12.1 Å². The molecule has 3 rings (SSSR count). The van der Waals surface area contributed by atoms with Crippen molar-refractivity contribution >= 4 is 26.2 Å². The van der Waals surface area contributed by atoms with Crippen molar-refractivity contribution in [2.45, 2.75) is 10.8 Å². The van der Waals surface area contributed by atoms with Crippen LogP contribution in [0.1, 0.15) is 11.1 Å². The average Bonchev–Trinajstić information content (AvgIpc) is 2.94. The number of methoxy groups -OCH3 is 4. The summed E-state index contributed by atoms with van der Waals surface area (Å²) in [5.41, 5.74) is -5.41. The van der Waals surface area contributed by atoms with Crippen LogP contribution in [-0.4, -0.2) is 64.9 Å². The van der Waals surface area contributed by atoms with Crippen molar-refractivity contribution in [1.29, 1.82) is 0 Å². The minimum atomic E-state index is -5.41. The molecule has 0 bridgehead atoms. The summed E-state index contributed by atoms with van der Waals surface area (Å²) in [4.78, 5) is 22.2. The van der Waals surface area contributed by atoms with E-state index in [4.69, 9.17) is 18.9 Å². The number of sulfonamides is 1. The van der Waals surface area contributed by atoms with Gasteiger partial charge in [0.1, 0.15) is 28.7 Å². The largest absolute Gasteiger partial charge is 0.496 e. The number of ether oxygens (including phenoxy) is 4. The summed E-state index contributed by atoms with van der Waals surface area (Å²) in [5, 5.41) is 22.6. The number of rotatable bonds is 12. The van der Waals surface area contributed by atoms with E-state index in [9.17, 15) is 41.6 Å². The van der Waals surface area contributed by atoms with Gasteiger partial charge in [0.25, 0.3) is 31.4 Å². The fourth-order valence-corrected chi connectivity index (χ4v) is 6.19. The van der Waals surface area contributed by atoms with Gasteiger partial charge in [-0.3, -0.25) is 29.5 Å². The maximum atomic E-state index is 13.0. The molecule has 0 aliphatic heterocycles. The zero-order valence-electron chi connectivity index (χ0n) is 22.4. The molecule has 0 aromatic heterocycles. The SMILES string of the molecule is COc1cc(OC)c(/C=C/S(=O)(=O)NC2=CC(S(=O)(=O)O)C(c3ccccc3OC)([N+](=O)[O-])C=C2[N+](=O)[O-])c(OC)c1. The number of para-hydroxylation sites is 1. The van der Waals surface area contributed by atoms with E-state index in [-0.39, 0.29) is 22.8 Å². The van der Waals surface area contributed by atoms with Crippen molar-refractivity contribution in [3.05, 3.63) is 96.7 Å². The van der Waals surface area contributed by atoms with E-state index in [0.717, 1.165) is 19.3 Å². The number of hydrogen-bond acceptors (Lipinski definition) is 12. The van der Waals surface area contributed by atoms with Crippen molar-refractivity contribution in [3.8, 4) is 23.0 Å². The first kappa shape index (κ1) is 31.8. The van der Waals surface area contributed by atoms with Gasteiger partial charge >= 0.3 is 0 Å². The predicted octanol–water partition coefficient (Wildman–Crippen LogP) is 2.10. The molecule has 2 aromatic rings. The standard InChI is InChI=1S/C24H25N3O13S2/c1-37-15-11-21(39-3)16(22(12-15)40-4)9-10-41(32,33)25-18-13-23(42(34,35)36)24(27(30)31,14-19(18)26(28)29)17-7-5-6-8-20(17)38-2/h5-14,23,25H,1-4H3,(H,34,35,36)/b10-9+. The highest BCUT2D eigenvalue weighted by molar-refractivity contribution is 7.92. The smallest absolute Gasteiger partial charge is 0.298 e. The van der Waals surface area contributed by atoms with Gasteiger partial charge in [-0.25, -0.2) is 8.42 Å². The summed E-state index contributed by atoms with van der Waals surface area (Å²) in [6.07, 6.45) is 1.78.